The third-order valence-corrected chi connectivity index (χ3v) is 4.91. The average Bonchev–Trinajstić information content (AvgIpc) is 3.05. The highest BCUT2D eigenvalue weighted by atomic mass is 15.2. The molecule has 3 heterocycles. The third-order valence-electron chi connectivity index (χ3n) is 4.91. The predicted molar refractivity (Wildman–Crippen MR) is 101 cm³/mol. The SMILES string of the molecule is CCC(C)CN1Cc2ncnc(Nc3cnc4ccccc4c3)c2C1. The van der Waals surface area contributed by atoms with E-state index in [1.807, 2.05) is 24.4 Å². The van der Waals surface area contributed by atoms with Gasteiger partial charge in [-0.3, -0.25) is 9.88 Å². The quantitative estimate of drug-likeness (QED) is 0.761. The molecule has 3 aromatic rings. The second-order valence-corrected chi connectivity index (χ2v) is 6.87. The molecule has 1 N–H and O–H groups in total. The molecule has 2 aromatic heterocycles. The first-order valence-corrected chi connectivity index (χ1v) is 8.90. The van der Waals surface area contributed by atoms with Gasteiger partial charge in [0.15, 0.2) is 0 Å². The van der Waals surface area contributed by atoms with Crippen molar-refractivity contribution < 1.29 is 0 Å². The zero-order chi connectivity index (χ0) is 17.2. The predicted octanol–water partition coefficient (Wildman–Crippen LogP) is 4.13. The monoisotopic (exact) mass is 333 g/mol. The number of aromatic nitrogens is 3. The van der Waals surface area contributed by atoms with Crippen molar-refractivity contribution in [3.63, 3.8) is 0 Å². The largest absolute Gasteiger partial charge is 0.339 e. The Labute approximate surface area is 148 Å². The summed E-state index contributed by atoms with van der Waals surface area (Å²) in [4.78, 5) is 15.9. The third kappa shape index (κ3) is 3.33. The molecular formula is C20H23N5. The number of nitrogens with zero attached hydrogens (tertiary/aromatic N) is 4. The van der Waals surface area contributed by atoms with E-state index < -0.39 is 0 Å². The van der Waals surface area contributed by atoms with Crippen LogP contribution in [-0.2, 0) is 13.1 Å². The van der Waals surface area contributed by atoms with Gasteiger partial charge in [-0.25, -0.2) is 9.97 Å². The van der Waals surface area contributed by atoms with Gasteiger partial charge in [-0.2, -0.15) is 0 Å². The van der Waals surface area contributed by atoms with Crippen LogP contribution in [0.3, 0.4) is 0 Å². The van der Waals surface area contributed by atoms with Crippen LogP contribution in [0.1, 0.15) is 31.5 Å². The second-order valence-electron chi connectivity index (χ2n) is 6.87. The molecule has 1 unspecified atom stereocenters. The Bertz CT molecular complexity index is 892. The Morgan fingerprint density at radius 1 is 1.16 bits per heavy atom. The minimum absolute atomic E-state index is 0.698. The lowest BCUT2D eigenvalue weighted by Crippen LogP contribution is -2.22. The van der Waals surface area contributed by atoms with E-state index >= 15 is 0 Å². The fourth-order valence-electron chi connectivity index (χ4n) is 3.33. The van der Waals surface area contributed by atoms with Crippen molar-refractivity contribution in [2.24, 2.45) is 5.92 Å². The maximum atomic E-state index is 4.52. The summed E-state index contributed by atoms with van der Waals surface area (Å²) in [5, 5.41) is 4.57. The summed E-state index contributed by atoms with van der Waals surface area (Å²) in [6.07, 6.45) is 4.72. The summed E-state index contributed by atoms with van der Waals surface area (Å²) in [6, 6.07) is 10.2. The van der Waals surface area contributed by atoms with Crippen molar-refractivity contribution in [2.45, 2.75) is 33.4 Å². The lowest BCUT2D eigenvalue weighted by Gasteiger charge is -2.18. The number of para-hydroxylation sites is 1. The zero-order valence-corrected chi connectivity index (χ0v) is 14.7. The molecule has 5 heteroatoms. The topological polar surface area (TPSA) is 53.9 Å². The highest BCUT2D eigenvalue weighted by Gasteiger charge is 2.24. The van der Waals surface area contributed by atoms with Crippen LogP contribution in [0.25, 0.3) is 10.9 Å². The van der Waals surface area contributed by atoms with Crippen LogP contribution in [0.4, 0.5) is 11.5 Å². The molecule has 1 aliphatic heterocycles. The molecular weight excluding hydrogens is 310 g/mol. The zero-order valence-electron chi connectivity index (χ0n) is 14.7. The van der Waals surface area contributed by atoms with E-state index in [4.69, 9.17) is 0 Å². The van der Waals surface area contributed by atoms with Crippen molar-refractivity contribution in [2.75, 3.05) is 11.9 Å². The summed E-state index contributed by atoms with van der Waals surface area (Å²) in [7, 11) is 0. The standard InChI is InChI=1S/C20H23N5/c1-3-14(2)10-25-11-17-19(12-25)22-13-23-20(17)24-16-8-15-6-4-5-7-18(15)21-9-16/h4-9,13-14H,3,10-12H2,1-2H3,(H,22,23,24). The van der Waals surface area contributed by atoms with Crippen LogP contribution in [0, 0.1) is 5.92 Å². The minimum Gasteiger partial charge on any atom is -0.339 e. The van der Waals surface area contributed by atoms with E-state index in [9.17, 15) is 0 Å². The van der Waals surface area contributed by atoms with Gasteiger partial charge >= 0.3 is 0 Å². The first-order valence-electron chi connectivity index (χ1n) is 8.90. The maximum absolute atomic E-state index is 4.52. The fraction of sp³-hybridized carbons (Fsp3) is 0.350. The fourth-order valence-corrected chi connectivity index (χ4v) is 3.33. The van der Waals surface area contributed by atoms with Crippen LogP contribution < -0.4 is 5.32 Å². The molecule has 0 amide bonds. The number of fused-ring (bicyclic) bond motifs is 2. The molecule has 0 saturated heterocycles. The highest BCUT2D eigenvalue weighted by Crippen LogP contribution is 2.29. The van der Waals surface area contributed by atoms with Gasteiger partial charge in [-0.15, -0.1) is 0 Å². The summed E-state index contributed by atoms with van der Waals surface area (Å²) < 4.78 is 0. The Morgan fingerprint density at radius 3 is 2.92 bits per heavy atom. The van der Waals surface area contributed by atoms with E-state index in [1.165, 1.54) is 12.0 Å². The molecule has 0 spiro atoms. The summed E-state index contributed by atoms with van der Waals surface area (Å²) >= 11 is 0. The summed E-state index contributed by atoms with van der Waals surface area (Å²) in [5.74, 6) is 1.59. The van der Waals surface area contributed by atoms with Gasteiger partial charge < -0.3 is 5.32 Å². The molecule has 1 aromatic carbocycles. The van der Waals surface area contributed by atoms with E-state index in [0.717, 1.165) is 47.7 Å². The van der Waals surface area contributed by atoms with Crippen LogP contribution in [-0.4, -0.2) is 26.4 Å². The molecule has 5 nitrogen and oxygen atoms in total. The molecule has 4 rings (SSSR count). The van der Waals surface area contributed by atoms with Crippen molar-refractivity contribution >= 4 is 22.4 Å². The summed E-state index contributed by atoms with van der Waals surface area (Å²) in [5.41, 5.74) is 4.30. The van der Waals surface area contributed by atoms with Gasteiger partial charge in [0.1, 0.15) is 12.1 Å². The van der Waals surface area contributed by atoms with Gasteiger partial charge in [-0.05, 0) is 18.1 Å². The average molecular weight is 333 g/mol. The Morgan fingerprint density at radius 2 is 2.04 bits per heavy atom. The lowest BCUT2D eigenvalue weighted by atomic mass is 10.1. The molecule has 0 fully saturated rings. The molecule has 1 atom stereocenters. The van der Waals surface area contributed by atoms with E-state index in [-0.39, 0.29) is 0 Å². The van der Waals surface area contributed by atoms with Crippen molar-refractivity contribution in [1.82, 2.24) is 19.9 Å². The molecule has 0 saturated carbocycles. The molecule has 0 bridgehead atoms. The first kappa shape index (κ1) is 16.0. The Balaban J connectivity index is 1.57. The van der Waals surface area contributed by atoms with Gasteiger partial charge in [0, 0.05) is 30.6 Å². The Hall–Kier alpha value is -2.53. The smallest absolute Gasteiger partial charge is 0.138 e. The van der Waals surface area contributed by atoms with E-state index in [2.05, 4.69) is 51.1 Å². The first-order chi connectivity index (χ1) is 12.2. The van der Waals surface area contributed by atoms with Gasteiger partial charge in [0.25, 0.3) is 0 Å². The number of pyridine rings is 1. The van der Waals surface area contributed by atoms with Crippen molar-refractivity contribution in [3.8, 4) is 0 Å². The molecule has 0 aliphatic carbocycles. The van der Waals surface area contributed by atoms with Gasteiger partial charge in [0.05, 0.1) is 23.1 Å². The van der Waals surface area contributed by atoms with E-state index in [0.29, 0.717) is 5.92 Å². The highest BCUT2D eigenvalue weighted by molar-refractivity contribution is 5.82. The van der Waals surface area contributed by atoms with Crippen LogP contribution >= 0.6 is 0 Å². The number of hydrogen-bond donors (Lipinski definition) is 1. The van der Waals surface area contributed by atoms with Crippen LogP contribution in [0.15, 0.2) is 42.9 Å². The lowest BCUT2D eigenvalue weighted by molar-refractivity contribution is 0.239. The van der Waals surface area contributed by atoms with Gasteiger partial charge in [-0.1, -0.05) is 38.5 Å². The maximum Gasteiger partial charge on any atom is 0.138 e. The second kappa shape index (κ2) is 6.76. The van der Waals surface area contributed by atoms with Gasteiger partial charge in [0.2, 0.25) is 0 Å². The number of benzene rings is 1. The van der Waals surface area contributed by atoms with Crippen molar-refractivity contribution in [3.05, 3.63) is 54.1 Å². The molecule has 25 heavy (non-hydrogen) atoms. The Kier molecular flexibility index (Phi) is 4.32. The van der Waals surface area contributed by atoms with Crippen molar-refractivity contribution in [1.29, 1.82) is 0 Å². The number of hydrogen-bond acceptors (Lipinski definition) is 5. The number of anilines is 2. The number of nitrogens with one attached hydrogen (secondary N) is 1. The number of rotatable bonds is 5. The van der Waals surface area contributed by atoms with E-state index in [1.54, 1.807) is 6.33 Å². The summed E-state index contributed by atoms with van der Waals surface area (Å²) in [6.45, 7) is 7.46. The molecule has 1 aliphatic rings. The van der Waals surface area contributed by atoms with Crippen LogP contribution in [0.2, 0.25) is 0 Å². The van der Waals surface area contributed by atoms with Crippen LogP contribution in [0.5, 0.6) is 0 Å². The normalized spacial score (nSPS) is 15.3. The minimum atomic E-state index is 0.698. The molecule has 128 valence electrons. The molecule has 0 radical (unpaired) electrons.